The van der Waals surface area contributed by atoms with Crippen LogP contribution >= 0.6 is 11.6 Å². The summed E-state index contributed by atoms with van der Waals surface area (Å²) in [5, 5.41) is 0.0638. The molecule has 0 fully saturated rings. The van der Waals surface area contributed by atoms with E-state index in [0.717, 1.165) is 18.4 Å². The summed E-state index contributed by atoms with van der Waals surface area (Å²) in [6.45, 7) is 4.02. The molecule has 0 aromatic rings. The highest BCUT2D eigenvalue weighted by molar-refractivity contribution is 6.24. The quantitative estimate of drug-likeness (QED) is 0.545. The second kappa shape index (κ2) is 2.98. The van der Waals surface area contributed by atoms with Gasteiger partial charge in [-0.2, -0.15) is 0 Å². The molecule has 0 saturated carbocycles. The predicted octanol–water partition coefficient (Wildman–Crippen LogP) is 2.85. The molecule has 0 spiro atoms. The molecule has 2 unspecified atom stereocenters. The zero-order chi connectivity index (χ0) is 9.59. The molecule has 0 saturated heterocycles. The Morgan fingerprint density at radius 1 is 1.46 bits per heavy atom. The predicted molar refractivity (Wildman–Crippen MR) is 53.8 cm³/mol. The largest absolute Gasteiger partial charge is 0.294 e. The maximum absolute atomic E-state index is 11.7. The summed E-state index contributed by atoms with van der Waals surface area (Å²) in [5.41, 5.74) is 3.29. The van der Waals surface area contributed by atoms with E-state index in [1.807, 2.05) is 19.9 Å². The molecule has 2 aliphatic rings. The third-order valence-corrected chi connectivity index (χ3v) is 3.27. The van der Waals surface area contributed by atoms with Gasteiger partial charge in [-0.05, 0) is 25.3 Å². The Morgan fingerprint density at radius 2 is 2.15 bits per heavy atom. The van der Waals surface area contributed by atoms with Gasteiger partial charge < -0.3 is 0 Å². The van der Waals surface area contributed by atoms with Gasteiger partial charge in [0.25, 0.3) is 0 Å². The molecule has 2 heteroatoms. The molecule has 0 aliphatic heterocycles. The monoisotopic (exact) mass is 196 g/mol. The van der Waals surface area contributed by atoms with Crippen LogP contribution in [0.5, 0.6) is 0 Å². The van der Waals surface area contributed by atoms with Crippen LogP contribution in [0.2, 0.25) is 0 Å². The van der Waals surface area contributed by atoms with Crippen LogP contribution in [0.4, 0.5) is 0 Å². The molecule has 0 radical (unpaired) electrons. The minimum atomic E-state index is 0.0638. The van der Waals surface area contributed by atoms with Crippen LogP contribution in [0, 0.1) is 5.92 Å². The summed E-state index contributed by atoms with van der Waals surface area (Å²) in [6, 6.07) is 0. The molecular formula is C11H13ClO. The Kier molecular flexibility index (Phi) is 2.07. The van der Waals surface area contributed by atoms with E-state index in [1.54, 1.807) is 0 Å². The van der Waals surface area contributed by atoms with Crippen LogP contribution < -0.4 is 0 Å². The number of carbonyl (C=O) groups excluding carboxylic acids is 1. The first-order valence-corrected chi connectivity index (χ1v) is 5.11. The van der Waals surface area contributed by atoms with E-state index in [9.17, 15) is 4.79 Å². The summed E-state index contributed by atoms with van der Waals surface area (Å²) in [7, 11) is 0. The maximum Gasteiger partial charge on any atom is 0.165 e. The molecule has 2 rings (SSSR count). The number of alkyl halides is 1. The van der Waals surface area contributed by atoms with Crippen LogP contribution in [-0.2, 0) is 4.79 Å². The summed E-state index contributed by atoms with van der Waals surface area (Å²) < 4.78 is 0. The van der Waals surface area contributed by atoms with E-state index in [4.69, 9.17) is 11.6 Å². The average molecular weight is 197 g/mol. The highest BCUT2D eigenvalue weighted by Gasteiger charge is 2.33. The Hall–Kier alpha value is -0.560. The first-order valence-electron chi connectivity index (χ1n) is 4.68. The zero-order valence-corrected chi connectivity index (χ0v) is 8.69. The van der Waals surface area contributed by atoms with Gasteiger partial charge in [0.15, 0.2) is 5.78 Å². The Morgan fingerprint density at radius 3 is 2.85 bits per heavy atom. The first-order chi connectivity index (χ1) is 6.09. The first kappa shape index (κ1) is 9.01. The van der Waals surface area contributed by atoms with Crippen molar-refractivity contribution in [2.45, 2.75) is 32.1 Å². The summed E-state index contributed by atoms with van der Waals surface area (Å²) in [5.74, 6) is 0.424. The van der Waals surface area contributed by atoms with E-state index in [0.29, 0.717) is 0 Å². The SMILES string of the molecule is CC1=CC2=C(CC(C)C2=O)C(Cl)C1. The molecule has 0 N–H and O–H groups in total. The van der Waals surface area contributed by atoms with Crippen molar-refractivity contribution in [2.24, 2.45) is 5.92 Å². The summed E-state index contributed by atoms with van der Waals surface area (Å²) in [4.78, 5) is 11.7. The lowest BCUT2D eigenvalue weighted by atomic mass is 9.94. The molecule has 2 atom stereocenters. The van der Waals surface area contributed by atoms with E-state index >= 15 is 0 Å². The number of hydrogen-bond donors (Lipinski definition) is 0. The lowest BCUT2D eigenvalue weighted by molar-refractivity contribution is -0.117. The van der Waals surface area contributed by atoms with E-state index < -0.39 is 0 Å². The van der Waals surface area contributed by atoms with Crippen molar-refractivity contribution in [1.82, 2.24) is 0 Å². The Labute approximate surface area is 83.5 Å². The molecule has 0 bridgehead atoms. The van der Waals surface area contributed by atoms with Crippen molar-refractivity contribution in [1.29, 1.82) is 0 Å². The minimum absolute atomic E-state index is 0.0638. The van der Waals surface area contributed by atoms with Gasteiger partial charge in [-0.1, -0.05) is 18.6 Å². The van der Waals surface area contributed by atoms with Crippen LogP contribution in [0.3, 0.4) is 0 Å². The maximum atomic E-state index is 11.7. The van der Waals surface area contributed by atoms with Crippen LogP contribution in [0.25, 0.3) is 0 Å². The van der Waals surface area contributed by atoms with Crippen molar-refractivity contribution in [2.75, 3.05) is 0 Å². The standard InChI is InChI=1S/C11H13ClO/c1-6-3-9-8(10(12)4-6)5-7(2)11(9)13/h3,7,10H,4-5H2,1-2H3. The van der Waals surface area contributed by atoms with E-state index in [2.05, 4.69) is 0 Å². The third kappa shape index (κ3) is 1.35. The summed E-state index contributed by atoms with van der Waals surface area (Å²) >= 11 is 6.19. The lowest BCUT2D eigenvalue weighted by Gasteiger charge is -2.17. The number of Topliss-reactive ketones (excluding diaryl/α,β-unsaturated/α-hetero) is 1. The number of rotatable bonds is 0. The zero-order valence-electron chi connectivity index (χ0n) is 7.93. The number of allylic oxidation sites excluding steroid dienone is 4. The minimum Gasteiger partial charge on any atom is -0.294 e. The molecule has 0 heterocycles. The molecule has 1 nitrogen and oxygen atoms in total. The van der Waals surface area contributed by atoms with Crippen molar-refractivity contribution < 1.29 is 4.79 Å². The summed E-state index contributed by atoms with van der Waals surface area (Å²) in [6.07, 6.45) is 3.78. The molecule has 0 amide bonds. The van der Waals surface area contributed by atoms with Gasteiger partial charge in [0.05, 0.1) is 5.38 Å². The molecule has 0 aromatic heterocycles. The second-order valence-corrected chi connectivity index (χ2v) is 4.60. The fraction of sp³-hybridized carbons (Fsp3) is 0.545. The fourth-order valence-corrected chi connectivity index (χ4v) is 2.58. The lowest BCUT2D eigenvalue weighted by Crippen LogP contribution is -2.09. The van der Waals surface area contributed by atoms with Gasteiger partial charge in [0, 0.05) is 11.5 Å². The smallest absolute Gasteiger partial charge is 0.165 e. The van der Waals surface area contributed by atoms with Crippen LogP contribution in [-0.4, -0.2) is 11.2 Å². The number of halogens is 1. The van der Waals surface area contributed by atoms with Crippen molar-refractivity contribution in [3.8, 4) is 0 Å². The van der Waals surface area contributed by atoms with Crippen molar-refractivity contribution in [3.05, 3.63) is 22.8 Å². The molecule has 13 heavy (non-hydrogen) atoms. The van der Waals surface area contributed by atoms with Gasteiger partial charge in [-0.25, -0.2) is 0 Å². The molecular weight excluding hydrogens is 184 g/mol. The average Bonchev–Trinajstić information content (AvgIpc) is 2.32. The van der Waals surface area contributed by atoms with Gasteiger partial charge in [-0.3, -0.25) is 4.79 Å². The van der Waals surface area contributed by atoms with Crippen LogP contribution in [0.15, 0.2) is 22.8 Å². The van der Waals surface area contributed by atoms with Gasteiger partial charge in [-0.15, -0.1) is 11.6 Å². The number of ketones is 1. The third-order valence-electron chi connectivity index (χ3n) is 2.86. The molecule has 2 aliphatic carbocycles. The van der Waals surface area contributed by atoms with Gasteiger partial charge >= 0.3 is 0 Å². The molecule has 0 aromatic carbocycles. The van der Waals surface area contributed by atoms with E-state index in [1.165, 1.54) is 11.1 Å². The molecule has 70 valence electrons. The van der Waals surface area contributed by atoms with Crippen molar-refractivity contribution in [3.63, 3.8) is 0 Å². The topological polar surface area (TPSA) is 17.1 Å². The Balaban J connectivity index is 2.42. The normalized spacial score (nSPS) is 33.5. The fourth-order valence-electron chi connectivity index (χ4n) is 2.13. The second-order valence-electron chi connectivity index (χ2n) is 4.07. The highest BCUT2D eigenvalue weighted by atomic mass is 35.5. The highest BCUT2D eigenvalue weighted by Crippen LogP contribution is 2.39. The number of carbonyl (C=O) groups is 1. The Bertz CT molecular complexity index is 325. The van der Waals surface area contributed by atoms with Gasteiger partial charge in [0.2, 0.25) is 0 Å². The van der Waals surface area contributed by atoms with E-state index in [-0.39, 0.29) is 17.1 Å². The van der Waals surface area contributed by atoms with Gasteiger partial charge in [0.1, 0.15) is 0 Å². The van der Waals surface area contributed by atoms with Crippen LogP contribution in [0.1, 0.15) is 26.7 Å². The number of hydrogen-bond acceptors (Lipinski definition) is 1. The van der Waals surface area contributed by atoms with Crippen molar-refractivity contribution >= 4 is 17.4 Å².